The van der Waals surface area contributed by atoms with Gasteiger partial charge in [0.15, 0.2) is 12.4 Å². The maximum atomic E-state index is 12.8. The molecule has 8 N–H and O–H groups in total. The molecule has 2 aliphatic rings. The van der Waals surface area contributed by atoms with Gasteiger partial charge in [-0.25, -0.2) is 0 Å². The molecule has 4 unspecified atom stereocenters. The van der Waals surface area contributed by atoms with Gasteiger partial charge < -0.3 is 55.7 Å². The highest BCUT2D eigenvalue weighted by Crippen LogP contribution is 2.30. The quantitative estimate of drug-likeness (QED) is 0.134. The lowest BCUT2D eigenvalue weighted by Crippen LogP contribution is -2.68. The number of ether oxygens (including phenoxy) is 4. The highest BCUT2D eigenvalue weighted by atomic mass is 16.7. The zero-order valence-electron chi connectivity index (χ0n) is 20.5. The lowest BCUT2D eigenvalue weighted by molar-refractivity contribution is -0.325. The fourth-order valence-corrected chi connectivity index (χ4v) is 4.40. The second-order valence-electron chi connectivity index (χ2n) is 8.98. The molecule has 2 saturated heterocycles. The number of methoxy groups -OCH3 is 1. The molecule has 0 aromatic rings. The summed E-state index contributed by atoms with van der Waals surface area (Å²) in [4.78, 5) is 24.6. The van der Waals surface area contributed by atoms with E-state index in [-0.39, 0.29) is 0 Å². The van der Waals surface area contributed by atoms with E-state index in [1.807, 2.05) is 0 Å². The van der Waals surface area contributed by atoms with Crippen molar-refractivity contribution in [3.05, 3.63) is 0 Å². The summed E-state index contributed by atoms with van der Waals surface area (Å²) in [5.41, 5.74) is 5.48. The number of amides is 2. The molecule has 0 bridgehead atoms. The van der Waals surface area contributed by atoms with Crippen LogP contribution in [0.25, 0.3) is 0 Å². The first kappa shape index (κ1) is 29.8. The molecular weight excluding hydrogens is 466 g/mol. The molecule has 0 spiro atoms. The second kappa shape index (κ2) is 14.4. The molecule has 13 heteroatoms. The van der Waals surface area contributed by atoms with Gasteiger partial charge in [0.1, 0.15) is 36.6 Å². The van der Waals surface area contributed by atoms with E-state index in [1.165, 1.54) is 14.0 Å². The van der Waals surface area contributed by atoms with E-state index in [2.05, 4.69) is 10.6 Å². The minimum atomic E-state index is -1.63. The van der Waals surface area contributed by atoms with Crippen LogP contribution in [0.3, 0.4) is 0 Å². The predicted molar refractivity (Wildman–Crippen MR) is 122 cm³/mol. The van der Waals surface area contributed by atoms with Crippen molar-refractivity contribution >= 4 is 11.8 Å². The van der Waals surface area contributed by atoms with Gasteiger partial charge in [0, 0.05) is 20.6 Å². The monoisotopic (exact) mass is 507 g/mol. The minimum absolute atomic E-state index is 0.378. The van der Waals surface area contributed by atoms with Crippen LogP contribution in [0.2, 0.25) is 0 Å². The van der Waals surface area contributed by atoms with Crippen LogP contribution < -0.4 is 16.4 Å². The van der Waals surface area contributed by atoms with E-state index < -0.39 is 79.6 Å². The first-order valence-corrected chi connectivity index (χ1v) is 12.0. The molecule has 2 rings (SSSR count). The zero-order chi connectivity index (χ0) is 26.1. The molecule has 2 fully saturated rings. The molecule has 2 aliphatic heterocycles. The number of nitrogens with one attached hydrogen (secondary N) is 2. The molecule has 13 nitrogen and oxygen atoms in total. The Labute approximate surface area is 205 Å². The van der Waals surface area contributed by atoms with Crippen LogP contribution in [-0.4, -0.2) is 120 Å². The Morgan fingerprint density at radius 3 is 2.29 bits per heavy atom. The van der Waals surface area contributed by atoms with E-state index in [1.54, 1.807) is 6.92 Å². The smallest absolute Gasteiger partial charge is 0.252 e. The molecule has 2 heterocycles. The molecule has 204 valence electrons. The number of unbranched alkanes of at least 4 members (excludes halogenated alkanes) is 3. The summed E-state index contributed by atoms with van der Waals surface area (Å²) < 4.78 is 22.4. The molecule has 0 aromatic carbocycles. The van der Waals surface area contributed by atoms with Gasteiger partial charge in [0.2, 0.25) is 5.91 Å². The number of aliphatic hydroxyl groups is 4. The summed E-state index contributed by atoms with van der Waals surface area (Å²) in [5, 5.41) is 46.9. The first-order chi connectivity index (χ1) is 16.7. The zero-order valence-corrected chi connectivity index (χ0v) is 20.5. The molecule has 2 amide bonds. The van der Waals surface area contributed by atoms with E-state index >= 15 is 0 Å². The lowest BCUT2D eigenvalue weighted by Gasteiger charge is -2.47. The van der Waals surface area contributed by atoms with Gasteiger partial charge in [-0.15, -0.1) is 0 Å². The summed E-state index contributed by atoms with van der Waals surface area (Å²) in [6, 6.07) is -0.862. The Balaban J connectivity index is 2.13. The van der Waals surface area contributed by atoms with Crippen LogP contribution in [0, 0.1) is 0 Å². The van der Waals surface area contributed by atoms with Crippen LogP contribution in [0.15, 0.2) is 0 Å². The Morgan fingerprint density at radius 2 is 1.69 bits per heavy atom. The number of carbonyl (C=O) groups is 2. The predicted octanol–water partition coefficient (Wildman–Crippen LogP) is -2.89. The van der Waals surface area contributed by atoms with Crippen LogP contribution in [-0.2, 0) is 28.5 Å². The van der Waals surface area contributed by atoms with Crippen LogP contribution in [0.1, 0.15) is 39.5 Å². The Hall–Kier alpha value is -1.42. The fraction of sp³-hybridized carbons (Fsp3) is 0.909. The third kappa shape index (κ3) is 7.78. The lowest BCUT2D eigenvalue weighted by atomic mass is 9.92. The molecule has 0 aliphatic carbocycles. The van der Waals surface area contributed by atoms with Gasteiger partial charge in [-0.2, -0.15) is 0 Å². The molecule has 0 radical (unpaired) electrons. The number of nitrogens with two attached hydrogens (primary N) is 1. The third-order valence-corrected chi connectivity index (χ3v) is 6.31. The Kier molecular flexibility index (Phi) is 12.2. The minimum Gasteiger partial charge on any atom is -0.394 e. The topological polar surface area (TPSA) is 202 Å². The standard InChI is InChI=1S/C22H41N3O10/c1-11-14(25-12(2)27)18(15(28)13(10-26)33-11)34-22-17(30)16(29)19(32-3)20(35-22)21(31)24-9-7-5-4-6-8-23/h11,13-20,22,26,28-30H,4-10,23H2,1-3H3,(H,24,31)(H,25,27)/t11-,13?,14+,15+,16?,17-,18?,19-,20?,22+/m0/s1. The Bertz CT molecular complexity index is 671. The summed E-state index contributed by atoms with van der Waals surface area (Å²) in [5.74, 6) is -0.968. The SMILES string of the molecule is CO[C@@H]1C(C(=O)NCCCCCCN)O[C@@H](OC2[C@H](O)C(CO)O[C@@H](C)[C@H]2NC(C)=O)[C@@H](O)C1O. The normalized spacial score (nSPS) is 37.6. The molecule has 0 aromatic heterocycles. The average molecular weight is 508 g/mol. The van der Waals surface area contributed by atoms with Crippen molar-refractivity contribution in [1.82, 2.24) is 10.6 Å². The average Bonchev–Trinajstić information content (AvgIpc) is 2.82. The molecule has 10 atom stereocenters. The van der Waals surface area contributed by atoms with Crippen molar-refractivity contribution in [2.75, 3.05) is 26.8 Å². The van der Waals surface area contributed by atoms with Crippen molar-refractivity contribution in [2.24, 2.45) is 5.73 Å². The van der Waals surface area contributed by atoms with Crippen LogP contribution in [0.4, 0.5) is 0 Å². The van der Waals surface area contributed by atoms with Gasteiger partial charge in [0.25, 0.3) is 5.91 Å². The van der Waals surface area contributed by atoms with Crippen molar-refractivity contribution < 1.29 is 49.0 Å². The number of hydrogen-bond donors (Lipinski definition) is 7. The highest BCUT2D eigenvalue weighted by Gasteiger charge is 2.52. The Morgan fingerprint density at radius 1 is 1.00 bits per heavy atom. The fourth-order valence-electron chi connectivity index (χ4n) is 4.40. The highest BCUT2D eigenvalue weighted by molar-refractivity contribution is 5.81. The molecule has 0 saturated carbocycles. The molecular formula is C22H41N3O10. The maximum absolute atomic E-state index is 12.8. The summed E-state index contributed by atoms with van der Waals surface area (Å²) in [7, 11) is 1.28. The van der Waals surface area contributed by atoms with Crippen molar-refractivity contribution in [3.8, 4) is 0 Å². The van der Waals surface area contributed by atoms with Crippen molar-refractivity contribution in [1.29, 1.82) is 0 Å². The number of hydrogen-bond acceptors (Lipinski definition) is 11. The second-order valence-corrected chi connectivity index (χ2v) is 8.98. The summed E-state index contributed by atoms with van der Waals surface area (Å²) in [6.45, 7) is 3.38. The van der Waals surface area contributed by atoms with E-state index in [0.717, 1.165) is 25.7 Å². The maximum Gasteiger partial charge on any atom is 0.252 e. The molecule has 35 heavy (non-hydrogen) atoms. The largest absolute Gasteiger partial charge is 0.394 e. The van der Waals surface area contributed by atoms with Crippen LogP contribution in [0.5, 0.6) is 0 Å². The number of aliphatic hydroxyl groups excluding tert-OH is 4. The van der Waals surface area contributed by atoms with Crippen LogP contribution >= 0.6 is 0 Å². The van der Waals surface area contributed by atoms with Gasteiger partial charge in [-0.1, -0.05) is 12.8 Å². The van der Waals surface area contributed by atoms with Gasteiger partial charge in [-0.05, 0) is 26.3 Å². The van der Waals surface area contributed by atoms with Gasteiger partial charge in [-0.3, -0.25) is 9.59 Å². The van der Waals surface area contributed by atoms with E-state index in [9.17, 15) is 30.0 Å². The van der Waals surface area contributed by atoms with Gasteiger partial charge >= 0.3 is 0 Å². The third-order valence-electron chi connectivity index (χ3n) is 6.31. The van der Waals surface area contributed by atoms with E-state index in [0.29, 0.717) is 13.1 Å². The number of rotatable bonds is 12. The summed E-state index contributed by atoms with van der Waals surface area (Å²) in [6.07, 6.45) is -7.99. The number of carbonyl (C=O) groups excluding carboxylic acids is 2. The van der Waals surface area contributed by atoms with Crippen molar-refractivity contribution in [3.63, 3.8) is 0 Å². The summed E-state index contributed by atoms with van der Waals surface area (Å²) >= 11 is 0. The van der Waals surface area contributed by atoms with E-state index in [4.69, 9.17) is 24.7 Å². The first-order valence-electron chi connectivity index (χ1n) is 12.0. The van der Waals surface area contributed by atoms with Crippen molar-refractivity contribution in [2.45, 2.75) is 101 Å². The van der Waals surface area contributed by atoms with Gasteiger partial charge in [0.05, 0.1) is 18.8 Å².